The van der Waals surface area contributed by atoms with E-state index >= 15 is 0 Å². The van der Waals surface area contributed by atoms with E-state index in [1.807, 2.05) is 30.3 Å². The maximum Gasteiger partial charge on any atom is 0.220 e. The van der Waals surface area contributed by atoms with Crippen molar-refractivity contribution in [2.24, 2.45) is 5.92 Å². The molecular weight excluding hydrogens is 280 g/mol. The summed E-state index contributed by atoms with van der Waals surface area (Å²) in [6.07, 6.45) is 3.27. The average molecular weight is 300 g/mol. The van der Waals surface area contributed by atoms with Gasteiger partial charge in [0.25, 0.3) is 0 Å². The summed E-state index contributed by atoms with van der Waals surface area (Å²) in [5, 5.41) is 3.93. The van der Waals surface area contributed by atoms with E-state index < -0.39 is 0 Å². The molecular formula is C17H20N2O3. The molecule has 0 radical (unpaired) electrons. The molecule has 1 aliphatic heterocycles. The van der Waals surface area contributed by atoms with Crippen LogP contribution in [0.1, 0.15) is 12.8 Å². The van der Waals surface area contributed by atoms with Gasteiger partial charge in [-0.3, -0.25) is 9.78 Å². The fraction of sp³-hybridized carbons (Fsp3) is 0.412. The molecule has 5 heteroatoms. The molecule has 2 aromatic rings. The maximum atomic E-state index is 11.8. The van der Waals surface area contributed by atoms with Gasteiger partial charge < -0.3 is 14.8 Å². The van der Waals surface area contributed by atoms with Crippen molar-refractivity contribution in [2.75, 3.05) is 26.4 Å². The zero-order chi connectivity index (χ0) is 15.2. The number of benzene rings is 1. The van der Waals surface area contributed by atoms with Crippen molar-refractivity contribution in [3.63, 3.8) is 0 Å². The lowest BCUT2D eigenvalue weighted by atomic mass is 10.1. The average Bonchev–Trinajstić information content (AvgIpc) is 3.04. The Morgan fingerprint density at radius 2 is 2.27 bits per heavy atom. The Morgan fingerprint density at radius 1 is 1.36 bits per heavy atom. The van der Waals surface area contributed by atoms with E-state index in [9.17, 15) is 4.79 Å². The molecule has 1 aromatic carbocycles. The Hall–Kier alpha value is -2.14. The summed E-state index contributed by atoms with van der Waals surface area (Å²) in [5.41, 5.74) is 0.847. The van der Waals surface area contributed by atoms with Gasteiger partial charge in [-0.1, -0.05) is 18.2 Å². The Balaban J connectivity index is 1.45. The zero-order valence-electron chi connectivity index (χ0n) is 12.5. The molecule has 0 spiro atoms. The van der Waals surface area contributed by atoms with Crippen molar-refractivity contribution in [3.05, 3.63) is 36.5 Å². The smallest absolute Gasteiger partial charge is 0.220 e. The third-order valence-corrected chi connectivity index (χ3v) is 3.78. The predicted octanol–water partition coefficient (Wildman–Crippen LogP) is 2.16. The quantitative estimate of drug-likeness (QED) is 0.831. The van der Waals surface area contributed by atoms with Crippen LogP contribution in [0.15, 0.2) is 36.5 Å². The Morgan fingerprint density at radius 3 is 3.14 bits per heavy atom. The normalized spacial score (nSPS) is 17.5. The van der Waals surface area contributed by atoms with Crippen molar-refractivity contribution >= 4 is 16.8 Å². The molecule has 1 saturated heterocycles. The van der Waals surface area contributed by atoms with Gasteiger partial charge in [0.2, 0.25) is 5.91 Å². The first kappa shape index (κ1) is 14.8. The lowest BCUT2D eigenvalue weighted by molar-refractivity contribution is -0.122. The molecule has 22 heavy (non-hydrogen) atoms. The van der Waals surface area contributed by atoms with E-state index in [1.54, 1.807) is 6.20 Å². The van der Waals surface area contributed by atoms with Gasteiger partial charge in [0.15, 0.2) is 0 Å². The van der Waals surface area contributed by atoms with Gasteiger partial charge in [0.05, 0.1) is 6.54 Å². The molecule has 116 valence electrons. The summed E-state index contributed by atoms with van der Waals surface area (Å²) >= 11 is 0. The Labute approximate surface area is 129 Å². The summed E-state index contributed by atoms with van der Waals surface area (Å²) in [5.74, 6) is 1.18. The highest BCUT2D eigenvalue weighted by Gasteiger charge is 2.18. The lowest BCUT2D eigenvalue weighted by Crippen LogP contribution is -2.29. The van der Waals surface area contributed by atoms with Crippen LogP contribution >= 0.6 is 0 Å². The van der Waals surface area contributed by atoms with Gasteiger partial charge in [0.1, 0.15) is 17.9 Å². The van der Waals surface area contributed by atoms with Crippen LogP contribution in [0.2, 0.25) is 0 Å². The Bertz CT molecular complexity index is 633. The van der Waals surface area contributed by atoms with Gasteiger partial charge in [0, 0.05) is 31.2 Å². The van der Waals surface area contributed by atoms with Gasteiger partial charge in [-0.15, -0.1) is 0 Å². The van der Waals surface area contributed by atoms with Crippen LogP contribution in [0.5, 0.6) is 5.75 Å². The number of amides is 1. The highest BCUT2D eigenvalue weighted by Crippen LogP contribution is 2.22. The summed E-state index contributed by atoms with van der Waals surface area (Å²) in [6.45, 7) is 2.40. The SMILES string of the molecule is O=C(C[C@@H]1CCOC1)NCCOc1cccc2cccnc12. The second kappa shape index (κ2) is 7.22. The predicted molar refractivity (Wildman–Crippen MR) is 83.8 cm³/mol. The number of ether oxygens (including phenoxy) is 2. The minimum absolute atomic E-state index is 0.0649. The first-order chi connectivity index (χ1) is 10.8. The zero-order valence-corrected chi connectivity index (χ0v) is 12.5. The number of para-hydroxylation sites is 1. The number of hydrogen-bond acceptors (Lipinski definition) is 4. The van der Waals surface area contributed by atoms with E-state index in [2.05, 4.69) is 10.3 Å². The van der Waals surface area contributed by atoms with Crippen LogP contribution in [-0.2, 0) is 9.53 Å². The molecule has 3 rings (SSSR count). The van der Waals surface area contributed by atoms with Crippen LogP contribution in [0.4, 0.5) is 0 Å². The number of hydrogen-bond donors (Lipinski definition) is 1. The minimum Gasteiger partial charge on any atom is -0.489 e. The molecule has 1 atom stereocenters. The van der Waals surface area contributed by atoms with E-state index in [4.69, 9.17) is 9.47 Å². The van der Waals surface area contributed by atoms with Gasteiger partial charge in [-0.2, -0.15) is 0 Å². The molecule has 0 aliphatic carbocycles. The number of pyridine rings is 1. The standard InChI is InChI=1S/C17H20N2O3/c20-16(11-13-6-9-21-12-13)18-8-10-22-15-5-1-3-14-4-2-7-19-17(14)15/h1-5,7,13H,6,8-12H2,(H,18,20)/t13-/m0/s1. The fourth-order valence-electron chi connectivity index (χ4n) is 2.62. The summed E-state index contributed by atoms with van der Waals surface area (Å²) in [6, 6.07) is 9.74. The number of nitrogens with one attached hydrogen (secondary N) is 1. The van der Waals surface area contributed by atoms with Crippen molar-refractivity contribution in [2.45, 2.75) is 12.8 Å². The molecule has 1 aromatic heterocycles. The van der Waals surface area contributed by atoms with Crippen molar-refractivity contribution in [1.82, 2.24) is 10.3 Å². The summed E-state index contributed by atoms with van der Waals surface area (Å²) in [4.78, 5) is 16.1. The topological polar surface area (TPSA) is 60.5 Å². The molecule has 0 bridgehead atoms. The number of carbonyl (C=O) groups excluding carboxylic acids is 1. The molecule has 0 unspecified atom stereocenters. The van der Waals surface area contributed by atoms with Gasteiger partial charge in [-0.25, -0.2) is 0 Å². The van der Waals surface area contributed by atoms with Crippen molar-refractivity contribution < 1.29 is 14.3 Å². The van der Waals surface area contributed by atoms with E-state index in [0.717, 1.165) is 29.7 Å². The summed E-state index contributed by atoms with van der Waals surface area (Å²) in [7, 11) is 0. The third kappa shape index (κ3) is 3.74. The molecule has 0 saturated carbocycles. The van der Waals surface area contributed by atoms with Crippen LogP contribution in [0.3, 0.4) is 0 Å². The van der Waals surface area contributed by atoms with E-state index in [-0.39, 0.29) is 5.91 Å². The van der Waals surface area contributed by atoms with Crippen LogP contribution < -0.4 is 10.1 Å². The van der Waals surface area contributed by atoms with Crippen LogP contribution in [0, 0.1) is 5.92 Å². The second-order valence-electron chi connectivity index (χ2n) is 5.46. The maximum absolute atomic E-state index is 11.8. The van der Waals surface area contributed by atoms with Crippen LogP contribution in [0.25, 0.3) is 10.9 Å². The molecule has 5 nitrogen and oxygen atoms in total. The number of nitrogens with zero attached hydrogens (tertiary/aromatic N) is 1. The highest BCUT2D eigenvalue weighted by molar-refractivity contribution is 5.84. The number of aromatic nitrogens is 1. The van der Waals surface area contributed by atoms with E-state index in [1.165, 1.54) is 0 Å². The lowest BCUT2D eigenvalue weighted by Gasteiger charge is -2.11. The largest absolute Gasteiger partial charge is 0.489 e. The number of carbonyl (C=O) groups is 1. The molecule has 1 fully saturated rings. The minimum atomic E-state index is 0.0649. The monoisotopic (exact) mass is 300 g/mol. The fourth-order valence-corrected chi connectivity index (χ4v) is 2.62. The summed E-state index contributed by atoms with van der Waals surface area (Å²) < 4.78 is 11.0. The van der Waals surface area contributed by atoms with Crippen LogP contribution in [-0.4, -0.2) is 37.3 Å². The third-order valence-electron chi connectivity index (χ3n) is 3.78. The first-order valence-electron chi connectivity index (χ1n) is 7.64. The molecule has 1 aliphatic rings. The number of fused-ring (bicyclic) bond motifs is 1. The Kier molecular flexibility index (Phi) is 4.85. The molecule has 1 N–H and O–H groups in total. The molecule has 1 amide bonds. The van der Waals surface area contributed by atoms with Gasteiger partial charge in [-0.05, 0) is 24.5 Å². The van der Waals surface area contributed by atoms with E-state index in [0.29, 0.717) is 32.1 Å². The van der Waals surface area contributed by atoms with Crippen molar-refractivity contribution in [1.29, 1.82) is 0 Å². The van der Waals surface area contributed by atoms with Crippen molar-refractivity contribution in [3.8, 4) is 5.75 Å². The first-order valence-corrected chi connectivity index (χ1v) is 7.64. The van der Waals surface area contributed by atoms with Gasteiger partial charge >= 0.3 is 0 Å². The second-order valence-corrected chi connectivity index (χ2v) is 5.46. The highest BCUT2D eigenvalue weighted by atomic mass is 16.5. The number of rotatable bonds is 6. The molecule has 2 heterocycles.